The number of aliphatic carboxylic acids is 1. The van der Waals surface area contributed by atoms with Crippen LogP contribution in [0.5, 0.6) is 5.75 Å². The summed E-state index contributed by atoms with van der Waals surface area (Å²) in [6.07, 6.45) is 7.07. The summed E-state index contributed by atoms with van der Waals surface area (Å²) in [5.74, 6) is -1.39. The topological polar surface area (TPSA) is 124 Å². The molecule has 3 aliphatic carbocycles. The van der Waals surface area contributed by atoms with Crippen molar-refractivity contribution in [2.24, 2.45) is 35.5 Å². The molecule has 56 heavy (non-hydrogen) atoms. The molecule has 10 nitrogen and oxygen atoms in total. The average molecular weight is 814 g/mol. The van der Waals surface area contributed by atoms with Crippen molar-refractivity contribution in [2.45, 2.75) is 161 Å². The van der Waals surface area contributed by atoms with Gasteiger partial charge in [-0.15, -0.1) is 0 Å². The van der Waals surface area contributed by atoms with Crippen LogP contribution in [0.15, 0.2) is 36.4 Å². The molecule has 0 unspecified atom stereocenters. The van der Waals surface area contributed by atoms with Crippen LogP contribution in [0.1, 0.15) is 99.5 Å². The third-order valence-corrected chi connectivity index (χ3v) is 23.4. The minimum absolute atomic E-state index is 0.00247. The zero-order chi connectivity index (χ0) is 41.6. The Labute approximate surface area is 338 Å². The number of allylic oxidation sites excluding steroid dienone is 2. The number of epoxide rings is 1. The van der Waals surface area contributed by atoms with Crippen LogP contribution in [0.2, 0.25) is 36.3 Å². The first-order chi connectivity index (χ1) is 25.9. The SMILES string of the molecule is COc1ccc(CON(C[C@@H](C(=O)O)[C@]2(O[Si](C)(C)C(C)(C)C)CC[C@H](O[Si](C)(C)C(C)(C)C)[C@@H]3O[C@@H]32)C(=O)CC(=O)[C@@H]2[C@H]3CC[C@H](C)C[C@@H]3C=C[C@@H]2C)cc1. The van der Waals surface area contributed by atoms with E-state index < -0.39 is 46.1 Å². The van der Waals surface area contributed by atoms with Gasteiger partial charge in [-0.2, -0.15) is 0 Å². The standard InChI is InChI=1S/C44H71NO9Si2/c1-28-14-21-33-31(24-28)18-15-29(2)38(33)35(46)25-37(47)45(51-27-30-16-19-32(50-9)20-17-30)26-34(41(48)49)44(54-56(12,13)43(6,7)8)23-22-36(39-40(44)52-39)53-55(10,11)42(3,4)5/h15-20,28-29,31,33-34,36,38-40H,14,21-27H2,1-13H3,(H,48,49)/t28-,29-,31-,33-,34-,36-,38-,39-,40-,44+/m0/s1. The van der Waals surface area contributed by atoms with Gasteiger partial charge < -0.3 is 23.4 Å². The van der Waals surface area contributed by atoms with Crippen LogP contribution >= 0.6 is 0 Å². The molecule has 1 aromatic rings. The number of rotatable bonds is 15. The number of carboxylic acids is 1. The first-order valence-electron chi connectivity index (χ1n) is 20.9. The summed E-state index contributed by atoms with van der Waals surface area (Å²) in [6.45, 7) is 25.8. The van der Waals surface area contributed by atoms with Crippen molar-refractivity contribution in [2.75, 3.05) is 13.7 Å². The summed E-state index contributed by atoms with van der Waals surface area (Å²) in [4.78, 5) is 48.8. The maximum absolute atomic E-state index is 14.5. The number of hydroxylamine groups is 2. The van der Waals surface area contributed by atoms with E-state index in [-0.39, 0.29) is 65.4 Å². The number of nitrogens with zero attached hydrogens (tertiary/aromatic N) is 1. The summed E-state index contributed by atoms with van der Waals surface area (Å²) in [5, 5.41) is 12.1. The number of amides is 1. The molecule has 1 amide bonds. The number of benzene rings is 1. The van der Waals surface area contributed by atoms with E-state index in [9.17, 15) is 19.5 Å². The third kappa shape index (κ3) is 9.57. The normalized spacial score (nSPS) is 31.2. The Morgan fingerprint density at radius 3 is 2.18 bits per heavy atom. The number of hydrogen-bond donors (Lipinski definition) is 1. The molecule has 1 N–H and O–H groups in total. The fourth-order valence-electron chi connectivity index (χ4n) is 8.87. The fourth-order valence-corrected chi connectivity index (χ4v) is 11.9. The molecular formula is C44H71NO9Si2. The van der Waals surface area contributed by atoms with E-state index in [1.807, 2.05) is 24.3 Å². The van der Waals surface area contributed by atoms with Crippen LogP contribution in [0.4, 0.5) is 0 Å². The van der Waals surface area contributed by atoms with E-state index in [0.717, 1.165) is 29.9 Å². The monoisotopic (exact) mass is 813 g/mol. The highest BCUT2D eigenvalue weighted by atomic mass is 28.4. The second kappa shape index (κ2) is 16.7. The van der Waals surface area contributed by atoms with Gasteiger partial charge in [0.1, 0.15) is 41.9 Å². The molecule has 4 aliphatic rings. The van der Waals surface area contributed by atoms with E-state index >= 15 is 0 Å². The highest BCUT2D eigenvalue weighted by molar-refractivity contribution is 6.74. The van der Waals surface area contributed by atoms with Gasteiger partial charge in [0.15, 0.2) is 16.6 Å². The van der Waals surface area contributed by atoms with Crippen LogP contribution in [-0.2, 0) is 39.4 Å². The summed E-state index contributed by atoms with van der Waals surface area (Å²) >= 11 is 0. The molecule has 0 spiro atoms. The lowest BCUT2D eigenvalue weighted by atomic mass is 9.62. The summed E-state index contributed by atoms with van der Waals surface area (Å²) in [6, 6.07) is 7.31. The number of ketones is 1. The van der Waals surface area contributed by atoms with Crippen molar-refractivity contribution in [3.63, 3.8) is 0 Å². The molecule has 0 radical (unpaired) electrons. The number of Topliss-reactive ketones (excluding diaryl/α,β-unsaturated/α-hetero) is 1. The molecular weight excluding hydrogens is 743 g/mol. The van der Waals surface area contributed by atoms with Crippen LogP contribution in [-0.4, -0.2) is 82.0 Å². The lowest BCUT2D eigenvalue weighted by molar-refractivity contribution is -0.205. The highest BCUT2D eigenvalue weighted by Crippen LogP contribution is 2.55. The van der Waals surface area contributed by atoms with Crippen LogP contribution in [0.25, 0.3) is 0 Å². The van der Waals surface area contributed by atoms with Crippen molar-refractivity contribution in [1.29, 1.82) is 0 Å². The van der Waals surface area contributed by atoms with Gasteiger partial charge in [0.05, 0.1) is 26.2 Å². The van der Waals surface area contributed by atoms with Crippen molar-refractivity contribution in [3.05, 3.63) is 42.0 Å². The van der Waals surface area contributed by atoms with Gasteiger partial charge in [0.2, 0.25) is 0 Å². The molecule has 1 heterocycles. The third-order valence-electron chi connectivity index (χ3n) is 14.4. The molecule has 12 heteroatoms. The molecule has 314 valence electrons. The molecule has 1 aliphatic heterocycles. The Balaban J connectivity index is 1.47. The Bertz CT molecular complexity index is 1600. The molecule has 3 fully saturated rings. The molecule has 1 aromatic carbocycles. The first kappa shape index (κ1) is 44.7. The van der Waals surface area contributed by atoms with Gasteiger partial charge in [0, 0.05) is 5.92 Å². The summed E-state index contributed by atoms with van der Waals surface area (Å²) in [7, 11) is -3.19. The Morgan fingerprint density at radius 2 is 1.59 bits per heavy atom. The quantitative estimate of drug-likeness (QED) is 0.0607. The van der Waals surface area contributed by atoms with Crippen LogP contribution < -0.4 is 4.74 Å². The second-order valence-corrected chi connectivity index (χ2v) is 29.9. The molecule has 5 rings (SSSR count). The molecule has 0 bridgehead atoms. The number of carbonyl (C=O) groups excluding carboxylic acids is 2. The Hall–Kier alpha value is -2.36. The van der Waals surface area contributed by atoms with Gasteiger partial charge in [-0.05, 0) is 103 Å². The minimum Gasteiger partial charge on any atom is -0.497 e. The van der Waals surface area contributed by atoms with Crippen molar-refractivity contribution in [3.8, 4) is 5.75 Å². The smallest absolute Gasteiger partial charge is 0.311 e. The zero-order valence-electron chi connectivity index (χ0n) is 36.5. The van der Waals surface area contributed by atoms with Crippen molar-refractivity contribution >= 4 is 34.3 Å². The average Bonchev–Trinajstić information content (AvgIpc) is 3.91. The van der Waals surface area contributed by atoms with E-state index in [1.165, 1.54) is 0 Å². The molecule has 2 saturated carbocycles. The Kier molecular flexibility index (Phi) is 13.4. The van der Waals surface area contributed by atoms with E-state index in [4.69, 9.17) is 23.2 Å². The van der Waals surface area contributed by atoms with E-state index in [0.29, 0.717) is 30.4 Å². The van der Waals surface area contributed by atoms with Crippen molar-refractivity contribution in [1.82, 2.24) is 5.06 Å². The maximum atomic E-state index is 14.5. The fraction of sp³-hybridized carbons (Fsp3) is 0.750. The zero-order valence-corrected chi connectivity index (χ0v) is 38.5. The second-order valence-electron chi connectivity index (χ2n) is 20.4. The number of hydrogen-bond acceptors (Lipinski definition) is 8. The number of fused-ring (bicyclic) bond motifs is 2. The molecule has 1 saturated heterocycles. The van der Waals surface area contributed by atoms with E-state index in [2.05, 4.69) is 93.7 Å². The minimum atomic E-state index is -2.62. The van der Waals surface area contributed by atoms with Gasteiger partial charge in [-0.1, -0.05) is 86.1 Å². The largest absolute Gasteiger partial charge is 0.497 e. The van der Waals surface area contributed by atoms with Crippen LogP contribution in [0, 0.1) is 35.5 Å². The Morgan fingerprint density at radius 1 is 0.946 bits per heavy atom. The van der Waals surface area contributed by atoms with Gasteiger partial charge in [-0.25, -0.2) is 5.06 Å². The molecule has 10 atom stereocenters. The summed E-state index contributed by atoms with van der Waals surface area (Å²) < 4.78 is 26.0. The van der Waals surface area contributed by atoms with Gasteiger partial charge in [0.25, 0.3) is 5.91 Å². The van der Waals surface area contributed by atoms with Crippen LogP contribution in [0.3, 0.4) is 0 Å². The number of methoxy groups -OCH3 is 1. The van der Waals surface area contributed by atoms with E-state index in [1.54, 1.807) is 7.11 Å². The van der Waals surface area contributed by atoms with Gasteiger partial charge in [-0.3, -0.25) is 19.2 Å². The van der Waals surface area contributed by atoms with Gasteiger partial charge >= 0.3 is 5.97 Å². The highest BCUT2D eigenvalue weighted by Gasteiger charge is 2.69. The number of carboxylic acid groups (broad SMARTS) is 1. The van der Waals surface area contributed by atoms with Crippen molar-refractivity contribution < 1.29 is 42.7 Å². The maximum Gasteiger partial charge on any atom is 0.311 e. The number of carbonyl (C=O) groups is 3. The lowest BCUT2D eigenvalue weighted by Crippen LogP contribution is -2.63. The molecule has 0 aromatic heterocycles. The predicted molar refractivity (Wildman–Crippen MR) is 223 cm³/mol. The predicted octanol–water partition coefficient (Wildman–Crippen LogP) is 9.20. The lowest BCUT2D eigenvalue weighted by Gasteiger charge is -2.50. The first-order valence-corrected chi connectivity index (χ1v) is 26.8. The summed E-state index contributed by atoms with van der Waals surface area (Å²) in [5.41, 5.74) is -0.471. The number of ether oxygens (including phenoxy) is 2.